The van der Waals surface area contributed by atoms with Crippen LogP contribution in [0.5, 0.6) is 0 Å². The summed E-state index contributed by atoms with van der Waals surface area (Å²) in [5, 5.41) is 0.573. The van der Waals surface area contributed by atoms with E-state index in [0.29, 0.717) is 23.0 Å². The average Bonchev–Trinajstić information content (AvgIpc) is 3.44. The van der Waals surface area contributed by atoms with Gasteiger partial charge >= 0.3 is 0 Å². The molecular formula is C36H42N4O3. The summed E-state index contributed by atoms with van der Waals surface area (Å²) in [5.74, 6) is -1.30. The fraction of sp³-hybridized carbons (Fsp3) is 0.306. The maximum absolute atomic E-state index is 13.9. The Morgan fingerprint density at radius 1 is 0.977 bits per heavy atom. The lowest BCUT2D eigenvalue weighted by Gasteiger charge is -2.43. The highest BCUT2D eigenvalue weighted by molar-refractivity contribution is 6.44. The van der Waals surface area contributed by atoms with Gasteiger partial charge in [-0.25, -0.2) is 0 Å². The number of aromatic nitrogens is 1. The summed E-state index contributed by atoms with van der Waals surface area (Å²) in [4.78, 5) is 48.5. The molecule has 0 saturated carbocycles. The first-order chi connectivity index (χ1) is 20.8. The van der Waals surface area contributed by atoms with Crippen LogP contribution in [0.2, 0.25) is 0 Å². The summed E-state index contributed by atoms with van der Waals surface area (Å²) in [5.41, 5.74) is 4.80. The molecule has 2 heterocycles. The van der Waals surface area contributed by atoms with E-state index in [1.807, 2.05) is 43.9 Å². The van der Waals surface area contributed by atoms with E-state index in [1.165, 1.54) is 16.0 Å². The quantitative estimate of drug-likeness (QED) is 0.152. The van der Waals surface area contributed by atoms with Gasteiger partial charge < -0.3 is 14.8 Å². The molecule has 0 spiro atoms. The lowest BCUT2D eigenvalue weighted by Crippen LogP contribution is -2.54. The number of rotatable bonds is 8. The third kappa shape index (κ3) is 6.62. The summed E-state index contributed by atoms with van der Waals surface area (Å²) in [6, 6.07) is 24.7. The van der Waals surface area contributed by atoms with Crippen LogP contribution >= 0.6 is 0 Å². The number of nitrogens with one attached hydrogen (secondary N) is 1. The van der Waals surface area contributed by atoms with Crippen molar-refractivity contribution in [2.75, 3.05) is 33.2 Å². The Bertz CT molecular complexity index is 1540. The molecule has 7 nitrogen and oxygen atoms in total. The van der Waals surface area contributed by atoms with Crippen molar-refractivity contribution < 1.29 is 14.4 Å². The zero-order valence-corrected chi connectivity index (χ0v) is 25.8. The number of piperazine rings is 1. The van der Waals surface area contributed by atoms with Crippen molar-refractivity contribution >= 4 is 28.5 Å². The summed E-state index contributed by atoms with van der Waals surface area (Å²) < 4.78 is 0. The Hall–Kier alpha value is -4.49. The molecule has 43 heavy (non-hydrogen) atoms. The van der Waals surface area contributed by atoms with E-state index in [0.717, 1.165) is 18.7 Å². The standard InChI is InChI=1S/C34H36N4O3.C2H6/c1-5-16-36(4)34(41)32(39)29-21-35-30-19-23(2)27(20-28(29)30)33(40)38-18-17-37(22-24(38)3)31(25-12-8-6-9-13-25)26-14-10-7-11-15-26;1-2/h5-15,19-21,24,31,35H,1,16-18,22H2,2-4H3;1-2H3. The molecule has 224 valence electrons. The van der Waals surface area contributed by atoms with Crippen LogP contribution < -0.4 is 0 Å². The van der Waals surface area contributed by atoms with Crippen molar-refractivity contribution in [3.05, 3.63) is 119 Å². The molecule has 1 N–H and O–H groups in total. The van der Waals surface area contributed by atoms with Crippen molar-refractivity contribution in [1.29, 1.82) is 0 Å². The van der Waals surface area contributed by atoms with E-state index in [9.17, 15) is 14.4 Å². The minimum atomic E-state index is -0.615. The second-order valence-electron chi connectivity index (χ2n) is 10.8. The Labute approximate surface area is 254 Å². The monoisotopic (exact) mass is 578 g/mol. The molecule has 2 amide bonds. The van der Waals surface area contributed by atoms with Crippen LogP contribution in [-0.2, 0) is 4.79 Å². The van der Waals surface area contributed by atoms with E-state index in [-0.39, 0.29) is 30.1 Å². The van der Waals surface area contributed by atoms with Gasteiger partial charge in [0.2, 0.25) is 0 Å². The molecule has 3 aromatic carbocycles. The number of H-pyrrole nitrogens is 1. The van der Waals surface area contributed by atoms with Crippen molar-refractivity contribution in [3.8, 4) is 0 Å². The molecule has 0 bridgehead atoms. The molecule has 1 unspecified atom stereocenters. The molecule has 1 atom stereocenters. The Morgan fingerprint density at radius 3 is 2.14 bits per heavy atom. The fourth-order valence-electron chi connectivity index (χ4n) is 5.82. The summed E-state index contributed by atoms with van der Waals surface area (Å²) >= 11 is 0. The molecule has 7 heteroatoms. The summed E-state index contributed by atoms with van der Waals surface area (Å²) in [6.45, 7) is 13.9. The van der Waals surface area contributed by atoms with Crippen molar-refractivity contribution in [2.24, 2.45) is 0 Å². The summed E-state index contributed by atoms with van der Waals surface area (Å²) in [7, 11) is 1.57. The number of aryl methyl sites for hydroxylation is 1. The molecule has 0 radical (unpaired) electrons. The fourth-order valence-corrected chi connectivity index (χ4v) is 5.82. The highest BCUT2D eigenvalue weighted by Crippen LogP contribution is 2.32. The topological polar surface area (TPSA) is 76.7 Å². The van der Waals surface area contributed by atoms with Crippen LogP contribution in [0.1, 0.15) is 64.2 Å². The lowest BCUT2D eigenvalue weighted by molar-refractivity contribution is -0.124. The van der Waals surface area contributed by atoms with Gasteiger partial charge in [-0.2, -0.15) is 0 Å². The van der Waals surface area contributed by atoms with Crippen LogP contribution in [0.25, 0.3) is 10.9 Å². The van der Waals surface area contributed by atoms with Crippen LogP contribution in [0.4, 0.5) is 0 Å². The highest BCUT2D eigenvalue weighted by Gasteiger charge is 2.33. The van der Waals surface area contributed by atoms with Gasteiger partial charge in [-0.05, 0) is 42.7 Å². The number of benzene rings is 3. The smallest absolute Gasteiger partial charge is 0.295 e. The van der Waals surface area contributed by atoms with Crippen molar-refractivity contribution in [3.63, 3.8) is 0 Å². The predicted octanol–water partition coefficient (Wildman–Crippen LogP) is 6.27. The number of ketones is 1. The van der Waals surface area contributed by atoms with Gasteiger partial charge in [0.05, 0.1) is 11.6 Å². The highest BCUT2D eigenvalue weighted by atomic mass is 16.2. The minimum Gasteiger partial charge on any atom is -0.360 e. The molecule has 4 aromatic rings. The Morgan fingerprint density at radius 2 is 1.58 bits per heavy atom. The first kappa shape index (κ1) is 31.4. The third-order valence-electron chi connectivity index (χ3n) is 7.96. The number of fused-ring (bicyclic) bond motifs is 1. The number of hydrogen-bond donors (Lipinski definition) is 1. The third-order valence-corrected chi connectivity index (χ3v) is 7.96. The number of Topliss-reactive ketones (excluding diaryl/α,β-unsaturated/α-hetero) is 1. The number of amides is 2. The van der Waals surface area contributed by atoms with E-state index in [2.05, 4.69) is 71.9 Å². The number of nitrogens with zero attached hydrogens (tertiary/aromatic N) is 3. The normalized spacial score (nSPS) is 15.1. The van der Waals surface area contributed by atoms with Gasteiger partial charge in [-0.3, -0.25) is 19.3 Å². The second-order valence-corrected chi connectivity index (χ2v) is 10.8. The van der Waals surface area contributed by atoms with Crippen LogP contribution in [0, 0.1) is 6.92 Å². The van der Waals surface area contributed by atoms with E-state index in [1.54, 1.807) is 25.4 Å². The van der Waals surface area contributed by atoms with Crippen LogP contribution in [0.15, 0.2) is 91.6 Å². The average molecular weight is 579 g/mol. The van der Waals surface area contributed by atoms with E-state index >= 15 is 0 Å². The summed E-state index contributed by atoms with van der Waals surface area (Å²) in [6.07, 6.45) is 3.12. The number of carbonyl (C=O) groups excluding carboxylic acids is 3. The van der Waals surface area contributed by atoms with Gasteiger partial charge in [0.25, 0.3) is 17.6 Å². The number of aromatic amines is 1. The maximum atomic E-state index is 13.9. The molecule has 1 fully saturated rings. The van der Waals surface area contributed by atoms with E-state index < -0.39 is 11.7 Å². The number of carbonyl (C=O) groups is 3. The Kier molecular flexibility index (Phi) is 10.3. The Balaban J connectivity index is 0.00000207. The zero-order chi connectivity index (χ0) is 31.1. The largest absolute Gasteiger partial charge is 0.360 e. The zero-order valence-electron chi connectivity index (χ0n) is 25.8. The maximum Gasteiger partial charge on any atom is 0.295 e. The van der Waals surface area contributed by atoms with Crippen LogP contribution in [0.3, 0.4) is 0 Å². The SMILES string of the molecule is C=CCN(C)C(=O)C(=O)c1c[nH]c2cc(C)c(C(=O)N3CCN(C(c4ccccc4)c4ccccc4)CC3C)cc12.CC. The predicted molar refractivity (Wildman–Crippen MR) is 173 cm³/mol. The molecule has 1 aliphatic rings. The second kappa shape index (κ2) is 14.1. The van der Waals surface area contributed by atoms with Gasteiger partial charge in [0.15, 0.2) is 0 Å². The van der Waals surface area contributed by atoms with Gasteiger partial charge in [0, 0.05) is 61.9 Å². The molecular weight excluding hydrogens is 536 g/mol. The number of hydrogen-bond acceptors (Lipinski definition) is 4. The lowest BCUT2D eigenvalue weighted by atomic mass is 9.95. The van der Waals surface area contributed by atoms with Crippen LogP contribution in [-0.4, -0.2) is 76.5 Å². The van der Waals surface area contributed by atoms with Crippen molar-refractivity contribution in [1.82, 2.24) is 19.7 Å². The van der Waals surface area contributed by atoms with Gasteiger partial charge in [0.1, 0.15) is 0 Å². The van der Waals surface area contributed by atoms with Gasteiger partial charge in [-0.15, -0.1) is 6.58 Å². The minimum absolute atomic E-state index is 0.0253. The van der Waals surface area contributed by atoms with E-state index in [4.69, 9.17) is 0 Å². The van der Waals surface area contributed by atoms with Crippen molar-refractivity contribution in [2.45, 2.75) is 39.8 Å². The van der Waals surface area contributed by atoms with Gasteiger partial charge in [-0.1, -0.05) is 80.6 Å². The molecule has 5 rings (SSSR count). The first-order valence-electron chi connectivity index (χ1n) is 15.0. The first-order valence-corrected chi connectivity index (χ1v) is 15.0. The number of likely N-dealkylation sites (N-methyl/N-ethyl adjacent to an activating group) is 1. The molecule has 1 saturated heterocycles. The molecule has 1 aliphatic heterocycles. The molecule has 1 aromatic heterocycles. The molecule has 0 aliphatic carbocycles.